The molecule has 2 aliphatic rings. The van der Waals surface area contributed by atoms with Crippen LogP contribution in [0.5, 0.6) is 0 Å². The van der Waals surface area contributed by atoms with Gasteiger partial charge in [0.25, 0.3) is 5.91 Å². The van der Waals surface area contributed by atoms with Crippen molar-refractivity contribution in [2.45, 2.75) is 37.7 Å². The number of anilines is 1. The molecule has 0 radical (unpaired) electrons. The van der Waals surface area contributed by atoms with Crippen molar-refractivity contribution in [2.75, 3.05) is 16.4 Å². The summed E-state index contributed by atoms with van der Waals surface area (Å²) in [6, 6.07) is 2.80. The van der Waals surface area contributed by atoms with E-state index in [-0.39, 0.29) is 34.2 Å². The fraction of sp³-hybridized carbons (Fsp3) is 0.529. The number of sulfone groups is 1. The van der Waals surface area contributed by atoms with Gasteiger partial charge in [0.05, 0.1) is 28.1 Å². The number of aliphatic imine (C=N–C) groups is 1. The van der Waals surface area contributed by atoms with Crippen molar-refractivity contribution in [1.82, 2.24) is 0 Å². The maximum atomic E-state index is 13.3. The number of benzene rings is 1. The number of halogens is 4. The van der Waals surface area contributed by atoms with Gasteiger partial charge >= 0.3 is 6.18 Å². The van der Waals surface area contributed by atoms with Gasteiger partial charge in [-0.05, 0) is 24.6 Å². The van der Waals surface area contributed by atoms with Crippen LogP contribution in [0.15, 0.2) is 23.2 Å². The molecule has 3 rings (SSSR count). The minimum atomic E-state index is -4.66. The van der Waals surface area contributed by atoms with E-state index < -0.39 is 37.9 Å². The third-order valence-corrected chi connectivity index (χ3v) is 8.38. The van der Waals surface area contributed by atoms with Crippen LogP contribution in [-0.2, 0) is 20.8 Å². The van der Waals surface area contributed by atoms with Crippen molar-refractivity contribution in [3.05, 3.63) is 28.8 Å². The molecule has 0 N–H and O–H groups in total. The highest BCUT2D eigenvalue weighted by Gasteiger charge is 2.50. The van der Waals surface area contributed by atoms with E-state index in [4.69, 9.17) is 11.6 Å². The molecule has 2 fully saturated rings. The van der Waals surface area contributed by atoms with Crippen LogP contribution < -0.4 is 4.90 Å². The Morgan fingerprint density at radius 1 is 1.39 bits per heavy atom. The Morgan fingerprint density at radius 3 is 2.68 bits per heavy atom. The van der Waals surface area contributed by atoms with E-state index in [1.807, 2.05) is 6.92 Å². The lowest BCUT2D eigenvalue weighted by molar-refractivity contribution is -0.137. The molecule has 154 valence electrons. The summed E-state index contributed by atoms with van der Waals surface area (Å²) >= 11 is 6.82. The van der Waals surface area contributed by atoms with E-state index in [1.54, 1.807) is 6.92 Å². The van der Waals surface area contributed by atoms with Gasteiger partial charge in [0.2, 0.25) is 0 Å². The van der Waals surface area contributed by atoms with Crippen molar-refractivity contribution >= 4 is 50.0 Å². The number of nitrogens with zero attached hydrogens (tertiary/aromatic N) is 2. The normalized spacial score (nSPS) is 26.5. The number of carbonyl (C=O) groups is 1. The first kappa shape index (κ1) is 21.4. The van der Waals surface area contributed by atoms with E-state index in [0.29, 0.717) is 6.42 Å². The van der Waals surface area contributed by atoms with Crippen molar-refractivity contribution < 1.29 is 26.4 Å². The number of alkyl halides is 3. The molecule has 2 aliphatic heterocycles. The molecule has 2 heterocycles. The summed E-state index contributed by atoms with van der Waals surface area (Å²) in [6.07, 6.45) is -4.09. The highest BCUT2D eigenvalue weighted by Crippen LogP contribution is 2.43. The third kappa shape index (κ3) is 4.18. The summed E-state index contributed by atoms with van der Waals surface area (Å²) in [5.74, 6) is -1.03. The second-order valence-electron chi connectivity index (χ2n) is 6.87. The lowest BCUT2D eigenvalue weighted by atomic mass is 10.1. The summed E-state index contributed by atoms with van der Waals surface area (Å²) in [5.41, 5.74) is -0.905. The van der Waals surface area contributed by atoms with Gasteiger partial charge < -0.3 is 4.90 Å². The summed E-state index contributed by atoms with van der Waals surface area (Å²) in [5, 5.41) is -0.614. The van der Waals surface area contributed by atoms with Gasteiger partial charge in [-0.3, -0.25) is 4.79 Å². The van der Waals surface area contributed by atoms with E-state index >= 15 is 0 Å². The van der Waals surface area contributed by atoms with Gasteiger partial charge in [-0.2, -0.15) is 18.2 Å². The van der Waals surface area contributed by atoms with Gasteiger partial charge in [0, 0.05) is 16.9 Å². The number of amides is 1. The zero-order valence-corrected chi connectivity index (χ0v) is 17.4. The maximum Gasteiger partial charge on any atom is 0.417 e. The molecule has 0 aromatic heterocycles. The zero-order valence-electron chi connectivity index (χ0n) is 15.0. The summed E-state index contributed by atoms with van der Waals surface area (Å²) in [6.45, 7) is 3.55. The van der Waals surface area contributed by atoms with Gasteiger partial charge in [0.15, 0.2) is 15.0 Å². The highest BCUT2D eigenvalue weighted by molar-refractivity contribution is 8.16. The molecule has 0 spiro atoms. The Kier molecular flexibility index (Phi) is 5.77. The van der Waals surface area contributed by atoms with Crippen LogP contribution in [0.25, 0.3) is 0 Å². The average molecular weight is 455 g/mol. The maximum absolute atomic E-state index is 13.3. The molecular weight excluding hydrogens is 437 g/mol. The van der Waals surface area contributed by atoms with Gasteiger partial charge in [-0.25, -0.2) is 8.42 Å². The van der Waals surface area contributed by atoms with Crippen molar-refractivity contribution in [2.24, 2.45) is 10.9 Å². The molecule has 1 amide bonds. The predicted octanol–water partition coefficient (Wildman–Crippen LogP) is 4.01. The lowest BCUT2D eigenvalue weighted by Gasteiger charge is -2.25. The lowest BCUT2D eigenvalue weighted by Crippen LogP contribution is -2.38. The topological polar surface area (TPSA) is 66.8 Å². The van der Waals surface area contributed by atoms with Crippen molar-refractivity contribution in [1.29, 1.82) is 0 Å². The van der Waals surface area contributed by atoms with Crippen LogP contribution >= 0.6 is 23.4 Å². The molecule has 2 saturated heterocycles. The van der Waals surface area contributed by atoms with Crippen LogP contribution in [0.4, 0.5) is 18.9 Å². The first-order chi connectivity index (χ1) is 12.9. The molecular formula is C17H18ClF3N2O3S2. The number of carbonyl (C=O) groups excluding carboxylic acids is 1. The molecule has 5 nitrogen and oxygen atoms in total. The Morgan fingerprint density at radius 2 is 2.07 bits per heavy atom. The van der Waals surface area contributed by atoms with Crippen LogP contribution in [0, 0.1) is 5.92 Å². The summed E-state index contributed by atoms with van der Waals surface area (Å²) < 4.78 is 63.9. The zero-order chi connectivity index (χ0) is 20.9. The molecule has 1 aromatic rings. The second-order valence-corrected chi connectivity index (χ2v) is 10.6. The largest absolute Gasteiger partial charge is 0.417 e. The van der Waals surface area contributed by atoms with E-state index in [0.717, 1.165) is 23.9 Å². The molecule has 11 heteroatoms. The number of fused-ring (bicyclic) bond motifs is 1. The van der Waals surface area contributed by atoms with Crippen LogP contribution in [0.1, 0.15) is 25.8 Å². The smallest absolute Gasteiger partial charge is 0.316 e. The van der Waals surface area contributed by atoms with Crippen LogP contribution in [0.2, 0.25) is 5.02 Å². The molecule has 1 aromatic carbocycles. The minimum absolute atomic E-state index is 0.102. The third-order valence-electron chi connectivity index (χ3n) is 4.84. The van der Waals surface area contributed by atoms with Crippen LogP contribution in [0.3, 0.4) is 0 Å². The fourth-order valence-electron chi connectivity index (χ4n) is 3.13. The van der Waals surface area contributed by atoms with Crippen molar-refractivity contribution in [3.63, 3.8) is 0 Å². The Bertz CT molecular complexity index is 934. The second kappa shape index (κ2) is 7.53. The minimum Gasteiger partial charge on any atom is -0.316 e. The summed E-state index contributed by atoms with van der Waals surface area (Å²) in [7, 11) is -3.32. The first-order valence-electron chi connectivity index (χ1n) is 8.58. The SMILES string of the molecule is CC[C@H](C)C(=O)N=C1S[C@@H]2CS(=O)(=O)C[C@H]2N1c1ccc(Cl)c(C(F)(F)F)c1. The van der Waals surface area contributed by atoms with Crippen molar-refractivity contribution in [3.8, 4) is 0 Å². The van der Waals surface area contributed by atoms with E-state index in [9.17, 15) is 26.4 Å². The number of amidine groups is 1. The van der Waals surface area contributed by atoms with Crippen LogP contribution in [-0.4, -0.2) is 42.3 Å². The number of thioether (sulfide) groups is 1. The van der Waals surface area contributed by atoms with Gasteiger partial charge in [-0.1, -0.05) is 37.2 Å². The van der Waals surface area contributed by atoms with E-state index in [2.05, 4.69) is 4.99 Å². The standard InChI is InChI=1S/C17H18ClF3N2O3S2/c1-3-9(2)15(24)22-16-23(13-7-28(25,26)8-14(13)27-16)10-4-5-12(18)11(6-10)17(19,20)21/h4-6,9,13-14H,3,7-8H2,1-2H3/t9-,13+,14+/m0/s1. The monoisotopic (exact) mass is 454 g/mol. The molecule has 3 atom stereocenters. The predicted molar refractivity (Wildman–Crippen MR) is 105 cm³/mol. The highest BCUT2D eigenvalue weighted by atomic mass is 35.5. The Hall–Kier alpha value is -1.26. The van der Waals surface area contributed by atoms with E-state index in [1.165, 1.54) is 11.0 Å². The molecule has 0 aliphatic carbocycles. The molecule has 0 bridgehead atoms. The molecule has 0 saturated carbocycles. The van der Waals surface area contributed by atoms with Gasteiger partial charge in [-0.15, -0.1) is 0 Å². The summed E-state index contributed by atoms with van der Waals surface area (Å²) in [4.78, 5) is 17.8. The van der Waals surface area contributed by atoms with Gasteiger partial charge in [0.1, 0.15) is 0 Å². The quantitative estimate of drug-likeness (QED) is 0.690. The number of hydrogen-bond donors (Lipinski definition) is 0. The average Bonchev–Trinajstić information content (AvgIpc) is 3.04. The Labute approximate surface area is 170 Å². The number of rotatable bonds is 3. The number of hydrogen-bond acceptors (Lipinski definition) is 4. The molecule has 0 unspecified atom stereocenters. The first-order valence-corrected chi connectivity index (χ1v) is 11.7. The fourth-order valence-corrected chi connectivity index (χ4v) is 7.27. The Balaban J connectivity index is 2.07. The molecule has 28 heavy (non-hydrogen) atoms.